The molecule has 204 valence electrons. The molecule has 0 saturated heterocycles. The number of methoxy groups -OCH3 is 1. The first-order valence-corrected chi connectivity index (χ1v) is 13.8. The van der Waals surface area contributed by atoms with Gasteiger partial charge in [0.2, 0.25) is 11.8 Å². The van der Waals surface area contributed by atoms with Crippen molar-refractivity contribution in [2.45, 2.75) is 31.0 Å². The van der Waals surface area contributed by atoms with Gasteiger partial charge in [0.05, 0.1) is 25.3 Å². The molecule has 0 radical (unpaired) electrons. The van der Waals surface area contributed by atoms with E-state index < -0.39 is 11.9 Å². The number of hydrogen-bond acceptors (Lipinski definition) is 6. The van der Waals surface area contributed by atoms with Crippen molar-refractivity contribution >= 4 is 34.5 Å². The van der Waals surface area contributed by atoms with E-state index in [2.05, 4.69) is 20.5 Å². The summed E-state index contributed by atoms with van der Waals surface area (Å²) in [5, 5.41) is 13.7. The summed E-state index contributed by atoms with van der Waals surface area (Å²) in [6.07, 6.45) is 0.704. The number of nitrogens with two attached hydrogens (primary N) is 1. The number of rotatable bonds is 11. The summed E-state index contributed by atoms with van der Waals surface area (Å²) in [6.45, 7) is 1.98. The second kappa shape index (κ2) is 12.1. The first kappa shape index (κ1) is 27.0. The molecule has 2 heterocycles. The molecule has 0 aliphatic carbocycles. The number of H-pyrrole nitrogens is 1. The second-order valence-electron chi connectivity index (χ2n) is 9.39. The normalized spacial score (nSPS) is 11.8. The number of primary amides is 1. The molecule has 0 aliphatic heterocycles. The number of aromatic amines is 1. The number of nitrogens with one attached hydrogen (secondary N) is 2. The van der Waals surface area contributed by atoms with E-state index in [4.69, 9.17) is 10.5 Å². The van der Waals surface area contributed by atoms with Crippen LogP contribution in [0.5, 0.6) is 5.75 Å². The summed E-state index contributed by atoms with van der Waals surface area (Å²) < 4.78 is 7.19. The molecule has 0 unspecified atom stereocenters. The number of carbonyl (C=O) groups is 2. The monoisotopic (exact) mass is 554 g/mol. The van der Waals surface area contributed by atoms with Crippen LogP contribution in [0.1, 0.15) is 28.7 Å². The summed E-state index contributed by atoms with van der Waals surface area (Å²) in [5.41, 5.74) is 10.1. The van der Waals surface area contributed by atoms with E-state index in [9.17, 15) is 9.59 Å². The third-order valence-electron chi connectivity index (χ3n) is 6.63. The van der Waals surface area contributed by atoms with Crippen LogP contribution in [0.25, 0.3) is 16.6 Å². The van der Waals surface area contributed by atoms with Crippen molar-refractivity contribution in [2.75, 3.05) is 12.9 Å². The van der Waals surface area contributed by atoms with Gasteiger partial charge in [-0.05, 0) is 54.8 Å². The topological polar surface area (TPSA) is 128 Å². The van der Waals surface area contributed by atoms with Crippen LogP contribution in [0.4, 0.5) is 0 Å². The van der Waals surface area contributed by atoms with Gasteiger partial charge in [-0.2, -0.15) is 0 Å². The van der Waals surface area contributed by atoms with Crippen molar-refractivity contribution in [3.63, 3.8) is 0 Å². The molecule has 0 bridgehead atoms. The molecule has 5 rings (SSSR count). The predicted octanol–water partition coefficient (Wildman–Crippen LogP) is 4.29. The molecule has 0 spiro atoms. The van der Waals surface area contributed by atoms with Crippen LogP contribution in [0, 0.1) is 6.92 Å². The van der Waals surface area contributed by atoms with E-state index >= 15 is 0 Å². The van der Waals surface area contributed by atoms with E-state index in [-0.39, 0.29) is 18.1 Å². The number of fused-ring (bicyclic) bond motifs is 1. The summed E-state index contributed by atoms with van der Waals surface area (Å²) >= 11 is 1.20. The fraction of sp³-hybridized carbons (Fsp3) is 0.200. The van der Waals surface area contributed by atoms with Gasteiger partial charge in [0.25, 0.3) is 0 Å². The molecular weight excluding hydrogens is 524 g/mol. The number of amides is 2. The smallest absolute Gasteiger partial charge is 0.227 e. The lowest BCUT2D eigenvalue weighted by Crippen LogP contribution is -2.33. The maximum atomic E-state index is 13.6. The van der Waals surface area contributed by atoms with E-state index in [1.807, 2.05) is 90.4 Å². The molecule has 0 saturated carbocycles. The Hall–Kier alpha value is -4.57. The maximum Gasteiger partial charge on any atom is 0.227 e. The van der Waals surface area contributed by atoms with Gasteiger partial charge in [0.15, 0.2) is 11.0 Å². The average molecular weight is 555 g/mol. The minimum atomic E-state index is -0.502. The highest BCUT2D eigenvalue weighted by atomic mass is 32.2. The van der Waals surface area contributed by atoms with Crippen molar-refractivity contribution in [3.8, 4) is 11.4 Å². The van der Waals surface area contributed by atoms with Gasteiger partial charge in [0, 0.05) is 22.3 Å². The quantitative estimate of drug-likeness (QED) is 0.209. The number of ether oxygens (including phenoxy) is 1. The Morgan fingerprint density at radius 2 is 1.75 bits per heavy atom. The van der Waals surface area contributed by atoms with Gasteiger partial charge in [-0.3, -0.25) is 14.2 Å². The Kier molecular flexibility index (Phi) is 8.16. The molecule has 1 atom stereocenters. The van der Waals surface area contributed by atoms with Gasteiger partial charge < -0.3 is 20.8 Å². The van der Waals surface area contributed by atoms with Crippen LogP contribution in [-0.2, 0) is 22.4 Å². The molecule has 5 aromatic rings. The lowest BCUT2D eigenvalue weighted by molar-refractivity contribution is -0.121. The van der Waals surface area contributed by atoms with Crippen LogP contribution in [0.2, 0.25) is 0 Å². The number of para-hydroxylation sites is 1. The molecule has 0 aliphatic rings. The highest BCUT2D eigenvalue weighted by Gasteiger charge is 2.26. The van der Waals surface area contributed by atoms with Crippen LogP contribution in [-0.4, -0.2) is 44.4 Å². The lowest BCUT2D eigenvalue weighted by atomic mass is 10.0. The minimum Gasteiger partial charge on any atom is -0.497 e. The largest absolute Gasteiger partial charge is 0.497 e. The highest BCUT2D eigenvalue weighted by molar-refractivity contribution is 7.99. The number of benzene rings is 3. The molecular formula is C30H30N6O3S. The van der Waals surface area contributed by atoms with Crippen LogP contribution in [0.3, 0.4) is 0 Å². The van der Waals surface area contributed by atoms with Crippen molar-refractivity contribution in [1.29, 1.82) is 0 Å². The summed E-state index contributed by atoms with van der Waals surface area (Å²) in [4.78, 5) is 28.5. The minimum absolute atomic E-state index is 0.0455. The van der Waals surface area contributed by atoms with Crippen molar-refractivity contribution in [2.24, 2.45) is 5.73 Å². The summed E-state index contributed by atoms with van der Waals surface area (Å²) in [5.74, 6) is 0.700. The standard InChI is InChI=1S/C30H30N6O3S/c1-19-24(23-10-6-7-11-25(23)32-19)17-28(38)33-26(16-20-8-4-3-5-9-20)29-34-35-30(40-18-27(31)37)36(29)21-12-14-22(39-2)15-13-21/h3-15,26,32H,16-18H2,1-2H3,(H2,31,37)(H,33,38)/t26-/m0/s1. The fourth-order valence-electron chi connectivity index (χ4n) is 4.74. The number of aromatic nitrogens is 4. The molecule has 10 heteroatoms. The van der Waals surface area contributed by atoms with E-state index in [1.165, 1.54) is 11.8 Å². The SMILES string of the molecule is COc1ccc(-n2c(SCC(N)=O)nnc2[C@H](Cc2ccccc2)NC(=O)Cc2c(C)[nH]c3ccccc23)cc1. The molecule has 0 fully saturated rings. The molecule has 4 N–H and O–H groups in total. The Labute approximate surface area is 236 Å². The molecule has 9 nitrogen and oxygen atoms in total. The Morgan fingerprint density at radius 1 is 1.02 bits per heavy atom. The molecule has 3 aromatic carbocycles. The maximum absolute atomic E-state index is 13.6. The molecule has 2 aromatic heterocycles. The predicted molar refractivity (Wildman–Crippen MR) is 156 cm³/mol. The van der Waals surface area contributed by atoms with Crippen LogP contribution >= 0.6 is 11.8 Å². The first-order valence-electron chi connectivity index (χ1n) is 12.8. The van der Waals surface area contributed by atoms with Gasteiger partial charge in [-0.1, -0.05) is 60.3 Å². The Morgan fingerprint density at radius 3 is 2.48 bits per heavy atom. The van der Waals surface area contributed by atoms with E-state index in [1.54, 1.807) is 7.11 Å². The number of carbonyl (C=O) groups excluding carboxylic acids is 2. The number of nitrogens with zero attached hydrogens (tertiary/aromatic N) is 3. The number of thioether (sulfide) groups is 1. The van der Waals surface area contributed by atoms with Crippen molar-refractivity contribution in [3.05, 3.63) is 102 Å². The van der Waals surface area contributed by atoms with Gasteiger partial charge in [-0.15, -0.1) is 10.2 Å². The van der Waals surface area contributed by atoms with Gasteiger partial charge >= 0.3 is 0 Å². The van der Waals surface area contributed by atoms with E-state index in [0.29, 0.717) is 23.2 Å². The van der Waals surface area contributed by atoms with Crippen molar-refractivity contribution in [1.82, 2.24) is 25.1 Å². The zero-order chi connectivity index (χ0) is 28.1. The van der Waals surface area contributed by atoms with Crippen LogP contribution < -0.4 is 15.8 Å². The fourth-order valence-corrected chi connectivity index (χ4v) is 5.43. The zero-order valence-corrected chi connectivity index (χ0v) is 23.1. The Bertz CT molecular complexity index is 1630. The number of hydrogen-bond donors (Lipinski definition) is 3. The van der Waals surface area contributed by atoms with Crippen molar-refractivity contribution < 1.29 is 14.3 Å². The van der Waals surface area contributed by atoms with Gasteiger partial charge in [-0.25, -0.2) is 0 Å². The average Bonchev–Trinajstić information content (AvgIpc) is 3.53. The zero-order valence-electron chi connectivity index (χ0n) is 22.3. The summed E-state index contributed by atoms with van der Waals surface area (Å²) in [7, 11) is 1.61. The van der Waals surface area contributed by atoms with E-state index in [0.717, 1.165) is 33.4 Å². The lowest BCUT2D eigenvalue weighted by Gasteiger charge is -2.20. The third kappa shape index (κ3) is 6.02. The number of aryl methyl sites for hydroxylation is 1. The molecule has 40 heavy (non-hydrogen) atoms. The Balaban J connectivity index is 1.52. The van der Waals surface area contributed by atoms with Gasteiger partial charge in [0.1, 0.15) is 5.75 Å². The molecule has 2 amide bonds. The summed E-state index contributed by atoms with van der Waals surface area (Å²) in [6, 6.07) is 24.8. The first-order chi connectivity index (χ1) is 19.4. The van der Waals surface area contributed by atoms with Crippen LogP contribution in [0.15, 0.2) is 84.0 Å². The third-order valence-corrected chi connectivity index (χ3v) is 7.58. The highest BCUT2D eigenvalue weighted by Crippen LogP contribution is 2.29. The second-order valence-corrected chi connectivity index (χ2v) is 10.3.